The quantitative estimate of drug-likeness (QED) is 0.868. The van der Waals surface area contributed by atoms with Crippen molar-refractivity contribution in [3.63, 3.8) is 0 Å². The molecule has 0 aliphatic heterocycles. The van der Waals surface area contributed by atoms with Gasteiger partial charge in [-0.3, -0.25) is 0 Å². The molecule has 0 amide bonds. The van der Waals surface area contributed by atoms with Gasteiger partial charge in [-0.25, -0.2) is 4.39 Å². The minimum Gasteiger partial charge on any atom is -0.393 e. The lowest BCUT2D eigenvalue weighted by Gasteiger charge is -2.29. The first-order valence-electron chi connectivity index (χ1n) is 6.53. The van der Waals surface area contributed by atoms with E-state index in [1.165, 1.54) is 12.1 Å². The second-order valence-corrected chi connectivity index (χ2v) is 5.73. The molecular weight excluding hydrogens is 229 g/mol. The lowest BCUT2D eigenvalue weighted by molar-refractivity contribution is 0.0574. The molecule has 102 valence electrons. The molecule has 1 N–H and O–H groups in total. The fraction of sp³-hybridized carbons (Fsp3) is 0.600. The molecule has 0 saturated carbocycles. The predicted molar refractivity (Wildman–Crippen MR) is 74.4 cm³/mol. The molecule has 0 aliphatic rings. The average Bonchev–Trinajstić information content (AvgIpc) is 2.28. The van der Waals surface area contributed by atoms with E-state index in [4.69, 9.17) is 0 Å². The Hall–Kier alpha value is -1.09. The van der Waals surface area contributed by atoms with Crippen molar-refractivity contribution in [3.05, 3.63) is 30.1 Å². The van der Waals surface area contributed by atoms with E-state index in [0.717, 1.165) is 18.8 Å². The summed E-state index contributed by atoms with van der Waals surface area (Å²) in [5.74, 6) is -0.220. The van der Waals surface area contributed by atoms with Gasteiger partial charge in [0.15, 0.2) is 0 Å². The maximum Gasteiger partial charge on any atom is 0.125 e. The maximum atomic E-state index is 13.2. The lowest BCUT2D eigenvalue weighted by Crippen LogP contribution is -2.32. The Morgan fingerprint density at radius 2 is 2.00 bits per heavy atom. The standard InChI is InChI=1S/C15H24FNO/c1-5-17(10-9-14(18)15(2,3)4)13-8-6-7-12(16)11-13/h6-8,11,14,18H,5,9-10H2,1-4H3. The number of hydrogen-bond acceptors (Lipinski definition) is 2. The van der Waals surface area contributed by atoms with Gasteiger partial charge in [0.05, 0.1) is 6.10 Å². The van der Waals surface area contributed by atoms with Gasteiger partial charge >= 0.3 is 0 Å². The average molecular weight is 253 g/mol. The van der Waals surface area contributed by atoms with E-state index in [1.54, 1.807) is 6.07 Å². The van der Waals surface area contributed by atoms with Crippen LogP contribution in [-0.4, -0.2) is 24.3 Å². The van der Waals surface area contributed by atoms with Gasteiger partial charge in [-0.05, 0) is 37.0 Å². The first-order valence-corrected chi connectivity index (χ1v) is 6.53. The van der Waals surface area contributed by atoms with Gasteiger partial charge in [-0.15, -0.1) is 0 Å². The van der Waals surface area contributed by atoms with Crippen LogP contribution in [0.1, 0.15) is 34.1 Å². The van der Waals surface area contributed by atoms with Gasteiger partial charge in [0, 0.05) is 18.8 Å². The van der Waals surface area contributed by atoms with Crippen molar-refractivity contribution in [2.45, 2.75) is 40.2 Å². The second kappa shape index (κ2) is 6.19. The Morgan fingerprint density at radius 1 is 1.33 bits per heavy atom. The SMILES string of the molecule is CCN(CCC(O)C(C)(C)C)c1cccc(F)c1. The smallest absolute Gasteiger partial charge is 0.125 e. The third kappa shape index (κ3) is 4.30. The van der Waals surface area contributed by atoms with Crippen LogP contribution in [0.4, 0.5) is 10.1 Å². The molecule has 0 heterocycles. The Morgan fingerprint density at radius 3 is 2.50 bits per heavy atom. The minimum absolute atomic E-state index is 0.110. The number of aliphatic hydroxyl groups is 1. The first-order chi connectivity index (χ1) is 8.34. The number of halogens is 1. The summed E-state index contributed by atoms with van der Waals surface area (Å²) >= 11 is 0. The van der Waals surface area contributed by atoms with E-state index in [9.17, 15) is 9.50 Å². The molecule has 0 bridgehead atoms. The van der Waals surface area contributed by atoms with Crippen molar-refractivity contribution >= 4 is 5.69 Å². The van der Waals surface area contributed by atoms with Crippen molar-refractivity contribution < 1.29 is 9.50 Å². The van der Waals surface area contributed by atoms with Crippen LogP contribution >= 0.6 is 0 Å². The van der Waals surface area contributed by atoms with Gasteiger partial charge in [-0.1, -0.05) is 26.8 Å². The van der Waals surface area contributed by atoms with Crippen LogP contribution in [-0.2, 0) is 0 Å². The Kier molecular flexibility index (Phi) is 5.15. The maximum absolute atomic E-state index is 13.2. The van der Waals surface area contributed by atoms with Gasteiger partial charge in [-0.2, -0.15) is 0 Å². The normalized spacial score (nSPS) is 13.4. The number of anilines is 1. The number of aliphatic hydroxyl groups excluding tert-OH is 1. The summed E-state index contributed by atoms with van der Waals surface area (Å²) in [6.07, 6.45) is 0.341. The third-order valence-electron chi connectivity index (χ3n) is 3.23. The van der Waals surface area contributed by atoms with E-state index in [0.29, 0.717) is 6.42 Å². The lowest BCUT2D eigenvalue weighted by atomic mass is 9.87. The zero-order valence-corrected chi connectivity index (χ0v) is 11.8. The largest absolute Gasteiger partial charge is 0.393 e. The molecule has 1 unspecified atom stereocenters. The summed E-state index contributed by atoms with van der Waals surface area (Å²) in [6.45, 7) is 9.65. The summed E-state index contributed by atoms with van der Waals surface area (Å²) in [5.41, 5.74) is 0.764. The minimum atomic E-state index is -0.347. The van der Waals surface area contributed by atoms with Crippen LogP contribution in [0, 0.1) is 11.2 Å². The molecule has 0 saturated heterocycles. The van der Waals surface area contributed by atoms with Crippen molar-refractivity contribution in [2.24, 2.45) is 5.41 Å². The highest BCUT2D eigenvalue weighted by atomic mass is 19.1. The molecule has 0 aliphatic carbocycles. The fourth-order valence-electron chi connectivity index (χ4n) is 1.85. The zero-order valence-electron chi connectivity index (χ0n) is 11.8. The first kappa shape index (κ1) is 15.0. The molecule has 1 rings (SSSR count). The molecular formula is C15H24FNO. The Labute approximate surface area is 109 Å². The summed E-state index contributed by atoms with van der Waals surface area (Å²) in [4.78, 5) is 2.08. The molecule has 1 aromatic carbocycles. The van der Waals surface area contributed by atoms with Gasteiger partial charge < -0.3 is 10.0 Å². The third-order valence-corrected chi connectivity index (χ3v) is 3.23. The summed E-state index contributed by atoms with van der Waals surface area (Å²) in [6, 6.07) is 6.60. The number of benzene rings is 1. The van der Waals surface area contributed by atoms with Crippen molar-refractivity contribution in [1.29, 1.82) is 0 Å². The number of rotatable bonds is 5. The Balaban J connectivity index is 2.63. The van der Waals surface area contributed by atoms with E-state index in [1.807, 2.05) is 33.8 Å². The monoisotopic (exact) mass is 253 g/mol. The van der Waals surface area contributed by atoms with Crippen molar-refractivity contribution in [3.8, 4) is 0 Å². The molecule has 2 nitrogen and oxygen atoms in total. The molecule has 0 aromatic heterocycles. The van der Waals surface area contributed by atoms with Crippen LogP contribution in [0.3, 0.4) is 0 Å². The highest BCUT2D eigenvalue weighted by Crippen LogP contribution is 2.23. The molecule has 0 radical (unpaired) electrons. The molecule has 0 fully saturated rings. The molecule has 1 aromatic rings. The summed E-state index contributed by atoms with van der Waals surface area (Å²) in [5, 5.41) is 10.0. The van der Waals surface area contributed by atoms with Crippen LogP contribution in [0.5, 0.6) is 0 Å². The molecule has 0 spiro atoms. The van der Waals surface area contributed by atoms with Gasteiger partial charge in [0.1, 0.15) is 5.82 Å². The van der Waals surface area contributed by atoms with E-state index < -0.39 is 0 Å². The predicted octanol–water partition coefficient (Wildman–Crippen LogP) is 3.45. The van der Waals surface area contributed by atoms with E-state index in [2.05, 4.69) is 4.90 Å². The Bertz CT molecular complexity index is 373. The van der Waals surface area contributed by atoms with Gasteiger partial charge in [0.2, 0.25) is 0 Å². The second-order valence-electron chi connectivity index (χ2n) is 5.73. The van der Waals surface area contributed by atoms with Crippen LogP contribution < -0.4 is 4.90 Å². The highest BCUT2D eigenvalue weighted by Gasteiger charge is 2.22. The zero-order chi connectivity index (χ0) is 13.8. The molecule has 1 atom stereocenters. The molecule has 18 heavy (non-hydrogen) atoms. The van der Waals surface area contributed by atoms with Crippen LogP contribution in [0.15, 0.2) is 24.3 Å². The van der Waals surface area contributed by atoms with E-state index >= 15 is 0 Å². The fourth-order valence-corrected chi connectivity index (χ4v) is 1.85. The summed E-state index contributed by atoms with van der Waals surface area (Å²) < 4.78 is 13.2. The van der Waals surface area contributed by atoms with Crippen LogP contribution in [0.25, 0.3) is 0 Å². The van der Waals surface area contributed by atoms with Crippen molar-refractivity contribution in [2.75, 3.05) is 18.0 Å². The highest BCUT2D eigenvalue weighted by molar-refractivity contribution is 5.46. The van der Waals surface area contributed by atoms with Gasteiger partial charge in [0.25, 0.3) is 0 Å². The number of nitrogens with zero attached hydrogens (tertiary/aromatic N) is 1. The topological polar surface area (TPSA) is 23.5 Å². The molecule has 3 heteroatoms. The van der Waals surface area contributed by atoms with Crippen molar-refractivity contribution in [1.82, 2.24) is 0 Å². The van der Waals surface area contributed by atoms with Crippen LogP contribution in [0.2, 0.25) is 0 Å². The number of hydrogen-bond donors (Lipinski definition) is 1. The summed E-state index contributed by atoms with van der Waals surface area (Å²) in [7, 11) is 0. The van der Waals surface area contributed by atoms with E-state index in [-0.39, 0.29) is 17.3 Å².